The van der Waals surface area contributed by atoms with Gasteiger partial charge in [0.15, 0.2) is 0 Å². The van der Waals surface area contributed by atoms with Crippen LogP contribution in [0.1, 0.15) is 37.8 Å². The lowest BCUT2D eigenvalue weighted by molar-refractivity contribution is 0.124. The van der Waals surface area contributed by atoms with Crippen LogP contribution in [0.3, 0.4) is 0 Å². The SMILES string of the molecule is COCC(NCC1(C)CCC1)c1ccccc1. The molecule has 17 heavy (non-hydrogen) atoms. The molecule has 1 unspecified atom stereocenters. The second kappa shape index (κ2) is 5.65. The fourth-order valence-electron chi connectivity index (χ4n) is 2.45. The van der Waals surface area contributed by atoms with Gasteiger partial charge < -0.3 is 10.1 Å². The Morgan fingerprint density at radius 2 is 2.00 bits per heavy atom. The standard InChI is InChI=1S/C15H23NO/c1-15(9-6-10-15)12-16-14(11-17-2)13-7-4-3-5-8-13/h3-5,7-8,14,16H,6,9-12H2,1-2H3. The van der Waals surface area contributed by atoms with Gasteiger partial charge in [0.25, 0.3) is 0 Å². The van der Waals surface area contributed by atoms with Gasteiger partial charge in [0, 0.05) is 13.7 Å². The molecule has 2 rings (SSSR count). The second-order valence-electron chi connectivity index (χ2n) is 5.46. The van der Waals surface area contributed by atoms with Gasteiger partial charge in [-0.3, -0.25) is 0 Å². The van der Waals surface area contributed by atoms with Crippen molar-refractivity contribution < 1.29 is 4.74 Å². The molecule has 0 amide bonds. The van der Waals surface area contributed by atoms with E-state index in [-0.39, 0.29) is 0 Å². The molecule has 0 radical (unpaired) electrons. The lowest BCUT2D eigenvalue weighted by Gasteiger charge is -2.39. The van der Waals surface area contributed by atoms with Gasteiger partial charge in [0.1, 0.15) is 0 Å². The van der Waals surface area contributed by atoms with Crippen molar-refractivity contribution in [3.05, 3.63) is 35.9 Å². The normalized spacial score (nSPS) is 19.6. The van der Waals surface area contributed by atoms with Gasteiger partial charge in [-0.25, -0.2) is 0 Å². The first-order valence-electron chi connectivity index (χ1n) is 6.51. The largest absolute Gasteiger partial charge is 0.383 e. The molecule has 1 aliphatic carbocycles. The zero-order valence-electron chi connectivity index (χ0n) is 10.9. The van der Waals surface area contributed by atoms with Crippen LogP contribution in [0, 0.1) is 5.41 Å². The van der Waals surface area contributed by atoms with E-state index in [1.54, 1.807) is 7.11 Å². The van der Waals surface area contributed by atoms with Crippen LogP contribution in [0.2, 0.25) is 0 Å². The van der Waals surface area contributed by atoms with E-state index in [1.807, 2.05) is 0 Å². The van der Waals surface area contributed by atoms with Gasteiger partial charge in [-0.2, -0.15) is 0 Å². The first-order valence-corrected chi connectivity index (χ1v) is 6.51. The molecule has 1 N–H and O–H groups in total. The molecule has 1 aromatic carbocycles. The number of nitrogens with one attached hydrogen (secondary N) is 1. The Hall–Kier alpha value is -0.860. The summed E-state index contributed by atoms with van der Waals surface area (Å²) in [5.74, 6) is 0. The number of hydrogen-bond acceptors (Lipinski definition) is 2. The Balaban J connectivity index is 1.93. The number of hydrogen-bond donors (Lipinski definition) is 1. The van der Waals surface area contributed by atoms with E-state index in [4.69, 9.17) is 4.74 Å². The smallest absolute Gasteiger partial charge is 0.0657 e. The summed E-state index contributed by atoms with van der Waals surface area (Å²) >= 11 is 0. The van der Waals surface area contributed by atoms with Crippen molar-refractivity contribution in [1.29, 1.82) is 0 Å². The molecule has 1 aromatic rings. The monoisotopic (exact) mass is 233 g/mol. The fourth-order valence-corrected chi connectivity index (χ4v) is 2.45. The number of benzene rings is 1. The summed E-state index contributed by atoms with van der Waals surface area (Å²) in [5.41, 5.74) is 1.83. The Labute approximate surface area is 104 Å². The van der Waals surface area contributed by atoms with E-state index in [1.165, 1.54) is 24.8 Å². The van der Waals surface area contributed by atoms with E-state index >= 15 is 0 Å². The highest BCUT2D eigenvalue weighted by atomic mass is 16.5. The van der Waals surface area contributed by atoms with Crippen LogP contribution in [0.25, 0.3) is 0 Å². The molecule has 0 heterocycles. The first-order chi connectivity index (χ1) is 8.23. The maximum Gasteiger partial charge on any atom is 0.0657 e. The van der Waals surface area contributed by atoms with Gasteiger partial charge in [0.05, 0.1) is 12.6 Å². The van der Waals surface area contributed by atoms with Gasteiger partial charge in [0.2, 0.25) is 0 Å². The minimum atomic E-state index is 0.318. The minimum absolute atomic E-state index is 0.318. The Morgan fingerprint density at radius 3 is 2.53 bits per heavy atom. The number of ether oxygens (including phenoxy) is 1. The van der Waals surface area contributed by atoms with Crippen molar-refractivity contribution in [2.45, 2.75) is 32.2 Å². The summed E-state index contributed by atoms with van der Waals surface area (Å²) in [4.78, 5) is 0. The number of methoxy groups -OCH3 is 1. The molecule has 1 fully saturated rings. The van der Waals surface area contributed by atoms with Crippen molar-refractivity contribution >= 4 is 0 Å². The zero-order valence-corrected chi connectivity index (χ0v) is 10.9. The maximum absolute atomic E-state index is 5.31. The van der Waals surface area contributed by atoms with Crippen LogP contribution < -0.4 is 5.32 Å². The summed E-state index contributed by atoms with van der Waals surface area (Å²) in [6.45, 7) is 4.20. The summed E-state index contributed by atoms with van der Waals surface area (Å²) in [5, 5.41) is 3.65. The summed E-state index contributed by atoms with van der Waals surface area (Å²) in [6, 6.07) is 10.9. The third-order valence-electron chi connectivity index (χ3n) is 3.87. The Bertz CT molecular complexity index is 332. The average molecular weight is 233 g/mol. The lowest BCUT2D eigenvalue weighted by atomic mass is 9.70. The molecule has 0 spiro atoms. The van der Waals surface area contributed by atoms with Crippen molar-refractivity contribution in [2.75, 3.05) is 20.3 Å². The molecule has 94 valence electrons. The minimum Gasteiger partial charge on any atom is -0.383 e. The predicted molar refractivity (Wildman–Crippen MR) is 71.0 cm³/mol. The van der Waals surface area contributed by atoms with Crippen LogP contribution >= 0.6 is 0 Å². The zero-order chi connectivity index (χ0) is 12.1. The lowest BCUT2D eigenvalue weighted by Crippen LogP contribution is -2.39. The van der Waals surface area contributed by atoms with Gasteiger partial charge in [-0.05, 0) is 23.8 Å². The third kappa shape index (κ3) is 3.30. The van der Waals surface area contributed by atoms with Crippen molar-refractivity contribution in [3.63, 3.8) is 0 Å². The average Bonchev–Trinajstić information content (AvgIpc) is 2.33. The van der Waals surface area contributed by atoms with Crippen LogP contribution in [0.5, 0.6) is 0 Å². The first kappa shape index (κ1) is 12.6. The van der Waals surface area contributed by atoms with Crippen molar-refractivity contribution in [1.82, 2.24) is 5.32 Å². The molecule has 1 saturated carbocycles. The van der Waals surface area contributed by atoms with Crippen LogP contribution in [-0.2, 0) is 4.74 Å². The van der Waals surface area contributed by atoms with Crippen molar-refractivity contribution in [2.24, 2.45) is 5.41 Å². The molecule has 0 bridgehead atoms. The predicted octanol–water partition coefficient (Wildman–Crippen LogP) is 3.15. The summed E-state index contributed by atoms with van der Waals surface area (Å²) in [7, 11) is 1.77. The fraction of sp³-hybridized carbons (Fsp3) is 0.600. The molecule has 0 aromatic heterocycles. The van der Waals surface area contributed by atoms with E-state index in [0.29, 0.717) is 11.5 Å². The van der Waals surface area contributed by atoms with E-state index < -0.39 is 0 Å². The highest BCUT2D eigenvalue weighted by molar-refractivity contribution is 5.19. The van der Waals surface area contributed by atoms with E-state index in [9.17, 15) is 0 Å². The number of rotatable bonds is 6. The Kier molecular flexibility index (Phi) is 4.19. The van der Waals surface area contributed by atoms with Crippen molar-refractivity contribution in [3.8, 4) is 0 Å². The molecule has 0 saturated heterocycles. The highest BCUT2D eigenvalue weighted by Crippen LogP contribution is 2.39. The molecule has 2 nitrogen and oxygen atoms in total. The molecule has 0 aliphatic heterocycles. The van der Waals surface area contributed by atoms with E-state index in [2.05, 4.69) is 42.6 Å². The second-order valence-corrected chi connectivity index (χ2v) is 5.46. The summed E-state index contributed by atoms with van der Waals surface area (Å²) in [6.07, 6.45) is 4.10. The van der Waals surface area contributed by atoms with E-state index in [0.717, 1.165) is 13.2 Å². The van der Waals surface area contributed by atoms with Crippen LogP contribution in [0.15, 0.2) is 30.3 Å². The van der Waals surface area contributed by atoms with Gasteiger partial charge in [-0.15, -0.1) is 0 Å². The maximum atomic E-state index is 5.31. The Morgan fingerprint density at radius 1 is 1.29 bits per heavy atom. The topological polar surface area (TPSA) is 21.3 Å². The molecular formula is C15H23NO. The van der Waals surface area contributed by atoms with Crippen LogP contribution in [-0.4, -0.2) is 20.3 Å². The van der Waals surface area contributed by atoms with Gasteiger partial charge >= 0.3 is 0 Å². The summed E-state index contributed by atoms with van der Waals surface area (Å²) < 4.78 is 5.31. The highest BCUT2D eigenvalue weighted by Gasteiger charge is 2.31. The quantitative estimate of drug-likeness (QED) is 0.815. The molecule has 1 atom stereocenters. The van der Waals surface area contributed by atoms with Crippen LogP contribution in [0.4, 0.5) is 0 Å². The molecule has 2 heteroatoms. The molecular weight excluding hydrogens is 210 g/mol. The van der Waals surface area contributed by atoms with Gasteiger partial charge in [-0.1, -0.05) is 43.7 Å². The third-order valence-corrected chi connectivity index (χ3v) is 3.87. The molecule has 1 aliphatic rings.